The number of rotatable bonds is 0. The Hall–Kier alpha value is 0.250. The Balaban J connectivity index is 2.73. The van der Waals surface area contributed by atoms with Crippen molar-refractivity contribution in [2.45, 2.75) is 18.2 Å². The lowest BCUT2D eigenvalue weighted by atomic mass is 9.74. The number of hydrogen-bond donors (Lipinski definition) is 0. The Labute approximate surface area is 64.3 Å². The summed E-state index contributed by atoms with van der Waals surface area (Å²) in [4.78, 5) is 10.8. The van der Waals surface area contributed by atoms with Gasteiger partial charge in [-0.2, -0.15) is 0 Å². The van der Waals surface area contributed by atoms with Crippen LogP contribution in [0.3, 0.4) is 0 Å². The predicted octanol–water partition coefficient (Wildman–Crippen LogP) is 2.02. The zero-order valence-corrected chi connectivity index (χ0v) is 6.83. The van der Waals surface area contributed by atoms with Crippen molar-refractivity contribution in [2.24, 2.45) is 11.8 Å². The highest BCUT2D eigenvalue weighted by Crippen LogP contribution is 2.47. The van der Waals surface area contributed by atoms with Crippen molar-refractivity contribution in [2.75, 3.05) is 0 Å². The highest BCUT2D eigenvalue weighted by atomic mass is 35.5. The summed E-state index contributed by atoms with van der Waals surface area (Å²) in [7, 11) is 0. The first-order valence-electron chi connectivity index (χ1n) is 2.90. The van der Waals surface area contributed by atoms with Gasteiger partial charge in [-0.25, -0.2) is 0 Å². The summed E-state index contributed by atoms with van der Waals surface area (Å²) in [5, 5.41) is 0. The molecular formula is C6H8Cl2O. The maximum Gasteiger partial charge on any atom is 0.179 e. The Morgan fingerprint density at radius 2 is 1.89 bits per heavy atom. The van der Waals surface area contributed by atoms with Crippen LogP contribution in [-0.2, 0) is 4.79 Å². The van der Waals surface area contributed by atoms with E-state index in [9.17, 15) is 4.79 Å². The number of Topliss-reactive ketones (excluding diaryl/α,β-unsaturated/α-hetero) is 1. The van der Waals surface area contributed by atoms with E-state index in [1.54, 1.807) is 0 Å². The van der Waals surface area contributed by atoms with Crippen molar-refractivity contribution in [3.63, 3.8) is 0 Å². The monoisotopic (exact) mass is 166 g/mol. The first-order valence-corrected chi connectivity index (χ1v) is 3.65. The molecule has 0 aromatic heterocycles. The second-order valence-corrected chi connectivity index (χ2v) is 3.95. The molecule has 3 heteroatoms. The van der Waals surface area contributed by atoms with Crippen LogP contribution in [0.25, 0.3) is 0 Å². The van der Waals surface area contributed by atoms with Crippen LogP contribution < -0.4 is 0 Å². The molecule has 0 bridgehead atoms. The summed E-state index contributed by atoms with van der Waals surface area (Å²) in [5.41, 5.74) is 0. The van der Waals surface area contributed by atoms with E-state index in [1.807, 2.05) is 13.8 Å². The van der Waals surface area contributed by atoms with Crippen molar-refractivity contribution in [1.82, 2.24) is 0 Å². The van der Waals surface area contributed by atoms with E-state index in [4.69, 9.17) is 23.2 Å². The smallest absolute Gasteiger partial charge is 0.179 e. The molecule has 1 rings (SSSR count). The van der Waals surface area contributed by atoms with E-state index in [-0.39, 0.29) is 17.6 Å². The minimum Gasteiger partial charge on any atom is -0.296 e. The van der Waals surface area contributed by atoms with Gasteiger partial charge in [0.2, 0.25) is 0 Å². The largest absolute Gasteiger partial charge is 0.296 e. The topological polar surface area (TPSA) is 17.1 Å². The van der Waals surface area contributed by atoms with Gasteiger partial charge in [-0.1, -0.05) is 37.0 Å². The van der Waals surface area contributed by atoms with Gasteiger partial charge in [0.25, 0.3) is 0 Å². The fourth-order valence-corrected chi connectivity index (χ4v) is 1.69. The van der Waals surface area contributed by atoms with E-state index >= 15 is 0 Å². The molecule has 1 fully saturated rings. The minimum atomic E-state index is -1.08. The van der Waals surface area contributed by atoms with Gasteiger partial charge in [0.15, 0.2) is 10.1 Å². The van der Waals surface area contributed by atoms with Crippen LogP contribution in [0.4, 0.5) is 0 Å². The van der Waals surface area contributed by atoms with Gasteiger partial charge in [0.05, 0.1) is 0 Å². The van der Waals surface area contributed by atoms with Crippen molar-refractivity contribution in [3.05, 3.63) is 0 Å². The number of halogens is 2. The van der Waals surface area contributed by atoms with Gasteiger partial charge in [-0.05, 0) is 0 Å². The van der Waals surface area contributed by atoms with Gasteiger partial charge in [0.1, 0.15) is 0 Å². The molecule has 1 aliphatic carbocycles. The Kier molecular flexibility index (Phi) is 1.52. The number of carbonyl (C=O) groups excluding carboxylic acids is 1. The summed E-state index contributed by atoms with van der Waals surface area (Å²) in [5.74, 6) is 0.103. The summed E-state index contributed by atoms with van der Waals surface area (Å²) < 4.78 is -1.08. The molecule has 52 valence electrons. The van der Waals surface area contributed by atoms with Gasteiger partial charge >= 0.3 is 0 Å². The van der Waals surface area contributed by atoms with E-state index in [2.05, 4.69) is 0 Å². The van der Waals surface area contributed by atoms with Crippen molar-refractivity contribution in [3.8, 4) is 0 Å². The van der Waals surface area contributed by atoms with Crippen LogP contribution >= 0.6 is 23.2 Å². The first-order chi connectivity index (χ1) is 3.98. The Bertz CT molecular complexity index is 153. The predicted molar refractivity (Wildman–Crippen MR) is 37.8 cm³/mol. The average molecular weight is 167 g/mol. The molecule has 0 aliphatic heterocycles. The minimum absolute atomic E-state index is 0.0417. The fourth-order valence-electron chi connectivity index (χ4n) is 0.973. The average Bonchev–Trinajstić information content (AvgIpc) is 1.84. The number of hydrogen-bond acceptors (Lipinski definition) is 1. The first kappa shape index (κ1) is 7.36. The lowest BCUT2D eigenvalue weighted by Gasteiger charge is -2.41. The fraction of sp³-hybridized carbons (Fsp3) is 0.833. The van der Waals surface area contributed by atoms with E-state index < -0.39 is 4.33 Å². The van der Waals surface area contributed by atoms with Gasteiger partial charge in [-0.3, -0.25) is 4.79 Å². The Morgan fingerprint density at radius 1 is 1.44 bits per heavy atom. The summed E-state index contributed by atoms with van der Waals surface area (Å²) >= 11 is 11.2. The third kappa shape index (κ3) is 0.786. The third-order valence-corrected chi connectivity index (χ3v) is 3.12. The molecule has 9 heavy (non-hydrogen) atoms. The van der Waals surface area contributed by atoms with Crippen molar-refractivity contribution >= 4 is 29.0 Å². The van der Waals surface area contributed by atoms with Crippen LogP contribution in [-0.4, -0.2) is 10.1 Å². The molecular weight excluding hydrogens is 159 g/mol. The summed E-state index contributed by atoms with van der Waals surface area (Å²) in [6.07, 6.45) is 0. The summed E-state index contributed by atoms with van der Waals surface area (Å²) in [6.45, 7) is 3.72. The molecule has 0 spiro atoms. The number of ketones is 1. The molecule has 0 amide bonds. The molecule has 0 radical (unpaired) electrons. The van der Waals surface area contributed by atoms with Crippen molar-refractivity contribution in [1.29, 1.82) is 0 Å². The van der Waals surface area contributed by atoms with Crippen molar-refractivity contribution < 1.29 is 4.79 Å². The highest BCUT2D eigenvalue weighted by molar-refractivity contribution is 6.60. The SMILES string of the molecule is C[C@@H]1[C@@H](C)C(=O)C1(Cl)Cl. The second-order valence-electron chi connectivity index (χ2n) is 2.56. The second kappa shape index (κ2) is 1.86. The molecule has 0 unspecified atom stereocenters. The van der Waals surface area contributed by atoms with E-state index in [0.29, 0.717) is 0 Å². The van der Waals surface area contributed by atoms with Crippen LogP contribution in [0.2, 0.25) is 0 Å². The van der Waals surface area contributed by atoms with E-state index in [0.717, 1.165) is 0 Å². The number of alkyl halides is 2. The molecule has 0 N–H and O–H groups in total. The number of carbonyl (C=O) groups is 1. The van der Waals surface area contributed by atoms with Gasteiger partial charge in [-0.15, -0.1) is 0 Å². The quantitative estimate of drug-likeness (QED) is 0.504. The standard InChI is InChI=1S/C6H8Cl2O/c1-3-4(2)6(7,8)5(3)9/h3-4H,1-2H3/t3-,4-/m1/s1. The normalized spacial score (nSPS) is 40.2. The molecule has 1 nitrogen and oxygen atoms in total. The van der Waals surface area contributed by atoms with Crippen LogP contribution in [0.1, 0.15) is 13.8 Å². The molecule has 0 heterocycles. The molecule has 0 aromatic rings. The summed E-state index contributed by atoms with van der Waals surface area (Å²) in [6, 6.07) is 0. The zero-order valence-electron chi connectivity index (χ0n) is 5.32. The van der Waals surface area contributed by atoms with Crippen LogP contribution in [0, 0.1) is 11.8 Å². The van der Waals surface area contributed by atoms with E-state index in [1.165, 1.54) is 0 Å². The molecule has 1 aliphatic rings. The lowest BCUT2D eigenvalue weighted by molar-refractivity contribution is -0.133. The zero-order chi connectivity index (χ0) is 7.23. The molecule has 2 atom stereocenters. The van der Waals surface area contributed by atoms with Crippen LogP contribution in [0.5, 0.6) is 0 Å². The Morgan fingerprint density at radius 3 is 2.00 bits per heavy atom. The molecule has 1 saturated carbocycles. The lowest BCUT2D eigenvalue weighted by Crippen LogP contribution is -2.53. The van der Waals surface area contributed by atoms with Gasteiger partial charge in [0, 0.05) is 11.8 Å². The van der Waals surface area contributed by atoms with Gasteiger partial charge < -0.3 is 0 Å². The highest BCUT2D eigenvalue weighted by Gasteiger charge is 2.55. The maximum atomic E-state index is 10.8. The van der Waals surface area contributed by atoms with Crippen LogP contribution in [0.15, 0.2) is 0 Å². The maximum absolute atomic E-state index is 10.8. The third-order valence-electron chi connectivity index (χ3n) is 2.06. The molecule has 0 aromatic carbocycles. The molecule has 0 saturated heterocycles.